The summed E-state index contributed by atoms with van der Waals surface area (Å²) in [7, 11) is -3.43. The zero-order valence-electron chi connectivity index (χ0n) is 15.6. The van der Waals surface area contributed by atoms with E-state index in [0.717, 1.165) is 18.0 Å². The topological polar surface area (TPSA) is 92.9 Å². The number of nitrogens with two attached hydrogens (primary N) is 1. The van der Waals surface area contributed by atoms with Crippen LogP contribution in [0.1, 0.15) is 13.8 Å². The first-order valence-corrected chi connectivity index (χ1v) is 10.8. The van der Waals surface area contributed by atoms with Crippen molar-refractivity contribution in [3.8, 4) is 5.75 Å². The van der Waals surface area contributed by atoms with Crippen LogP contribution in [-0.4, -0.2) is 70.1 Å². The van der Waals surface area contributed by atoms with Crippen molar-refractivity contribution in [3.05, 3.63) is 24.3 Å². The van der Waals surface area contributed by atoms with Gasteiger partial charge in [0.2, 0.25) is 5.91 Å². The minimum atomic E-state index is -3.43. The van der Waals surface area contributed by atoms with E-state index in [9.17, 15) is 13.2 Å². The highest BCUT2D eigenvalue weighted by molar-refractivity contribution is 7.92. The predicted molar refractivity (Wildman–Crippen MR) is 103 cm³/mol. The average Bonchev–Trinajstić information content (AvgIpc) is 2.77. The molecule has 1 fully saturated rings. The van der Waals surface area contributed by atoms with Crippen molar-refractivity contribution in [2.24, 2.45) is 11.7 Å². The summed E-state index contributed by atoms with van der Waals surface area (Å²) in [6.07, 6.45) is 0. The van der Waals surface area contributed by atoms with Gasteiger partial charge in [0, 0.05) is 38.4 Å². The van der Waals surface area contributed by atoms with Gasteiger partial charge in [0.05, 0.1) is 12.4 Å². The fourth-order valence-electron chi connectivity index (χ4n) is 3.15. The zero-order chi connectivity index (χ0) is 19.2. The molecular formula is C18H29N3O4S. The van der Waals surface area contributed by atoms with Crippen LogP contribution >= 0.6 is 0 Å². The summed E-state index contributed by atoms with van der Waals surface area (Å²) in [4.78, 5) is 16.3. The number of hydrogen-bond acceptors (Lipinski definition) is 6. The Morgan fingerprint density at radius 3 is 2.54 bits per heavy atom. The standard InChI is InChI=1S/C18H29N3O4S/c1-3-25-17-6-4-16(5-7-17)20-9-10-21(13-15(2)12-20)18(22)14-26(23,24)11-8-19/h4-7,15H,3,8-14,19H2,1-2H3/t15-/m0/s1. The maximum Gasteiger partial charge on any atom is 0.237 e. The van der Waals surface area contributed by atoms with Crippen LogP contribution in [0.4, 0.5) is 5.69 Å². The van der Waals surface area contributed by atoms with Crippen molar-refractivity contribution in [1.82, 2.24) is 4.90 Å². The van der Waals surface area contributed by atoms with Gasteiger partial charge in [-0.1, -0.05) is 6.92 Å². The molecule has 0 spiro atoms. The second-order valence-corrected chi connectivity index (χ2v) is 8.88. The Balaban J connectivity index is 2.01. The summed E-state index contributed by atoms with van der Waals surface area (Å²) >= 11 is 0. The highest BCUT2D eigenvalue weighted by atomic mass is 32.2. The predicted octanol–water partition coefficient (Wildman–Crippen LogP) is 0.744. The highest BCUT2D eigenvalue weighted by Gasteiger charge is 2.26. The van der Waals surface area contributed by atoms with Crippen LogP contribution in [0.15, 0.2) is 24.3 Å². The monoisotopic (exact) mass is 383 g/mol. The molecule has 7 nitrogen and oxygen atoms in total. The first kappa shape index (κ1) is 20.5. The Hall–Kier alpha value is -1.80. The molecule has 8 heteroatoms. The molecule has 1 aliphatic rings. The van der Waals surface area contributed by atoms with Gasteiger partial charge in [-0.25, -0.2) is 8.42 Å². The lowest BCUT2D eigenvalue weighted by Crippen LogP contribution is -2.40. The van der Waals surface area contributed by atoms with Crippen LogP contribution in [0, 0.1) is 5.92 Å². The summed E-state index contributed by atoms with van der Waals surface area (Å²) < 4.78 is 29.2. The molecule has 2 rings (SSSR count). The number of sulfone groups is 1. The van der Waals surface area contributed by atoms with Gasteiger partial charge in [0.15, 0.2) is 9.84 Å². The van der Waals surface area contributed by atoms with Gasteiger partial charge < -0.3 is 20.3 Å². The van der Waals surface area contributed by atoms with Crippen molar-refractivity contribution < 1.29 is 17.9 Å². The fourth-order valence-corrected chi connectivity index (χ4v) is 4.21. The molecule has 1 aromatic carbocycles. The number of ether oxygens (including phenoxy) is 1. The number of anilines is 1. The van der Waals surface area contributed by atoms with E-state index in [1.807, 2.05) is 31.2 Å². The van der Waals surface area contributed by atoms with Gasteiger partial charge in [-0.2, -0.15) is 0 Å². The van der Waals surface area contributed by atoms with E-state index >= 15 is 0 Å². The molecule has 1 aliphatic heterocycles. The molecule has 0 aliphatic carbocycles. The number of rotatable bonds is 7. The van der Waals surface area contributed by atoms with E-state index in [-0.39, 0.29) is 24.1 Å². The number of amides is 1. The molecular weight excluding hydrogens is 354 g/mol. The second-order valence-electron chi connectivity index (χ2n) is 6.70. The van der Waals surface area contributed by atoms with Crippen LogP contribution in [0.2, 0.25) is 0 Å². The molecule has 146 valence electrons. The Bertz CT molecular complexity index is 691. The smallest absolute Gasteiger partial charge is 0.237 e. The summed E-state index contributed by atoms with van der Waals surface area (Å²) in [5, 5.41) is 0. The molecule has 1 aromatic rings. The van der Waals surface area contributed by atoms with Crippen LogP contribution in [-0.2, 0) is 14.6 Å². The lowest BCUT2D eigenvalue weighted by Gasteiger charge is -2.24. The molecule has 0 unspecified atom stereocenters. The number of hydrogen-bond donors (Lipinski definition) is 1. The first-order valence-electron chi connectivity index (χ1n) is 9.00. The SMILES string of the molecule is CCOc1ccc(N2CCN(C(=O)CS(=O)(=O)CCN)C[C@@H](C)C2)cc1. The lowest BCUT2D eigenvalue weighted by molar-refractivity contribution is -0.128. The largest absolute Gasteiger partial charge is 0.494 e. The van der Waals surface area contributed by atoms with Crippen LogP contribution < -0.4 is 15.4 Å². The Kier molecular flexibility index (Phi) is 7.28. The third-order valence-corrected chi connectivity index (χ3v) is 5.89. The molecule has 1 atom stereocenters. The molecule has 0 bridgehead atoms. The molecule has 0 radical (unpaired) electrons. The van der Waals surface area contributed by atoms with Gasteiger partial charge in [-0.05, 0) is 37.1 Å². The van der Waals surface area contributed by atoms with Gasteiger partial charge in [0.25, 0.3) is 0 Å². The van der Waals surface area contributed by atoms with Crippen LogP contribution in [0.25, 0.3) is 0 Å². The van der Waals surface area contributed by atoms with E-state index in [1.54, 1.807) is 4.90 Å². The third-order valence-electron chi connectivity index (χ3n) is 4.34. The lowest BCUT2D eigenvalue weighted by atomic mass is 10.1. The Morgan fingerprint density at radius 1 is 1.23 bits per heavy atom. The summed E-state index contributed by atoms with van der Waals surface area (Å²) in [5.41, 5.74) is 6.38. The molecule has 26 heavy (non-hydrogen) atoms. The molecule has 0 saturated carbocycles. The summed E-state index contributed by atoms with van der Waals surface area (Å²) in [6.45, 7) is 7.24. The van der Waals surface area contributed by atoms with E-state index < -0.39 is 15.6 Å². The third kappa shape index (κ3) is 5.88. The van der Waals surface area contributed by atoms with Gasteiger partial charge in [-0.15, -0.1) is 0 Å². The van der Waals surface area contributed by atoms with Crippen LogP contribution in [0.5, 0.6) is 5.75 Å². The molecule has 1 saturated heterocycles. The second kappa shape index (κ2) is 9.23. The zero-order valence-corrected chi connectivity index (χ0v) is 16.4. The Labute approximate surface area is 156 Å². The minimum Gasteiger partial charge on any atom is -0.494 e. The van der Waals surface area contributed by atoms with Gasteiger partial charge in [0.1, 0.15) is 11.5 Å². The minimum absolute atomic E-state index is 0.0392. The molecule has 2 N–H and O–H groups in total. The van der Waals surface area contributed by atoms with Crippen LogP contribution in [0.3, 0.4) is 0 Å². The summed E-state index contributed by atoms with van der Waals surface area (Å²) in [6, 6.07) is 7.91. The summed E-state index contributed by atoms with van der Waals surface area (Å²) in [5.74, 6) is 0.130. The quantitative estimate of drug-likeness (QED) is 0.747. The van der Waals surface area contributed by atoms with Crippen molar-refractivity contribution in [2.45, 2.75) is 13.8 Å². The van der Waals surface area contributed by atoms with Crippen molar-refractivity contribution in [1.29, 1.82) is 0 Å². The van der Waals surface area contributed by atoms with Gasteiger partial charge >= 0.3 is 0 Å². The fraction of sp³-hybridized carbons (Fsp3) is 0.611. The highest BCUT2D eigenvalue weighted by Crippen LogP contribution is 2.22. The Morgan fingerprint density at radius 2 is 1.92 bits per heavy atom. The molecule has 1 heterocycles. The van der Waals surface area contributed by atoms with E-state index in [2.05, 4.69) is 11.8 Å². The number of carbonyl (C=O) groups is 1. The average molecular weight is 384 g/mol. The number of benzene rings is 1. The number of carbonyl (C=O) groups excluding carboxylic acids is 1. The first-order chi connectivity index (χ1) is 12.3. The molecule has 1 amide bonds. The van der Waals surface area contributed by atoms with Crippen molar-refractivity contribution in [3.63, 3.8) is 0 Å². The normalized spacial score (nSPS) is 18.5. The van der Waals surface area contributed by atoms with Crippen molar-refractivity contribution in [2.75, 3.05) is 55.7 Å². The van der Waals surface area contributed by atoms with E-state index in [0.29, 0.717) is 26.2 Å². The van der Waals surface area contributed by atoms with E-state index in [4.69, 9.17) is 10.5 Å². The maximum atomic E-state index is 12.4. The van der Waals surface area contributed by atoms with Crippen molar-refractivity contribution >= 4 is 21.4 Å². The van der Waals surface area contributed by atoms with E-state index in [1.165, 1.54) is 0 Å². The maximum absolute atomic E-state index is 12.4. The number of nitrogens with zero attached hydrogens (tertiary/aromatic N) is 2. The van der Waals surface area contributed by atoms with Gasteiger partial charge in [-0.3, -0.25) is 4.79 Å². The molecule has 0 aromatic heterocycles.